The van der Waals surface area contributed by atoms with Crippen molar-refractivity contribution in [1.82, 2.24) is 0 Å². The van der Waals surface area contributed by atoms with Gasteiger partial charge in [-0.15, -0.1) is 0 Å². The molecule has 12 heavy (non-hydrogen) atoms. The molecule has 2 rings (SSSR count). The van der Waals surface area contributed by atoms with E-state index in [-0.39, 0.29) is 11.8 Å². The maximum atomic E-state index is 9.22. The second kappa shape index (κ2) is 2.68. The van der Waals surface area contributed by atoms with Gasteiger partial charge in [-0.05, 0) is 30.2 Å². The van der Waals surface area contributed by atoms with Gasteiger partial charge in [0, 0.05) is 18.3 Å². The first-order valence-electron chi connectivity index (χ1n) is 4.10. The Morgan fingerprint density at radius 3 is 3.17 bits per heavy atom. The average Bonchev–Trinajstić information content (AvgIpc) is 2.07. The molecular formula is C9H12N2O. The largest absolute Gasteiger partial charge is 0.508 e. The number of aromatic hydroxyl groups is 1. The van der Waals surface area contributed by atoms with Gasteiger partial charge in [0.2, 0.25) is 0 Å². The molecule has 1 aliphatic rings. The molecule has 1 heterocycles. The fourth-order valence-corrected chi connectivity index (χ4v) is 1.54. The van der Waals surface area contributed by atoms with Crippen LogP contribution in [0.4, 0.5) is 5.69 Å². The van der Waals surface area contributed by atoms with E-state index < -0.39 is 0 Å². The molecule has 0 spiro atoms. The number of benzene rings is 1. The van der Waals surface area contributed by atoms with E-state index in [1.54, 1.807) is 12.1 Å². The summed E-state index contributed by atoms with van der Waals surface area (Å²) in [4.78, 5) is 0. The lowest BCUT2D eigenvalue weighted by atomic mass is 9.99. The summed E-state index contributed by atoms with van der Waals surface area (Å²) in [5, 5.41) is 12.5. The van der Waals surface area contributed by atoms with Gasteiger partial charge in [0.25, 0.3) is 0 Å². The predicted molar refractivity (Wildman–Crippen MR) is 48.1 cm³/mol. The van der Waals surface area contributed by atoms with Crippen molar-refractivity contribution in [2.75, 3.05) is 11.9 Å². The van der Waals surface area contributed by atoms with E-state index in [2.05, 4.69) is 5.32 Å². The molecule has 0 aliphatic carbocycles. The van der Waals surface area contributed by atoms with Gasteiger partial charge in [0.1, 0.15) is 5.75 Å². The number of phenolic OH excluding ortho intramolecular Hbond substituents is 1. The lowest BCUT2D eigenvalue weighted by Crippen LogP contribution is -2.22. The topological polar surface area (TPSA) is 58.3 Å². The monoisotopic (exact) mass is 164 g/mol. The number of nitrogens with two attached hydrogens (primary N) is 1. The molecule has 0 saturated heterocycles. The molecule has 64 valence electrons. The third kappa shape index (κ3) is 1.12. The van der Waals surface area contributed by atoms with Crippen molar-refractivity contribution in [2.24, 2.45) is 5.73 Å². The lowest BCUT2D eigenvalue weighted by molar-refractivity contribution is 0.473. The Morgan fingerprint density at radius 1 is 1.50 bits per heavy atom. The second-order valence-electron chi connectivity index (χ2n) is 3.09. The van der Waals surface area contributed by atoms with Crippen LogP contribution in [-0.2, 0) is 0 Å². The third-order valence-electron chi connectivity index (χ3n) is 2.21. The molecule has 1 aromatic carbocycles. The Hall–Kier alpha value is -1.22. The van der Waals surface area contributed by atoms with Crippen LogP contribution in [0.25, 0.3) is 0 Å². The fourth-order valence-electron chi connectivity index (χ4n) is 1.54. The maximum Gasteiger partial charge on any atom is 0.116 e. The van der Waals surface area contributed by atoms with Crippen molar-refractivity contribution in [2.45, 2.75) is 12.5 Å². The smallest absolute Gasteiger partial charge is 0.116 e. The summed E-state index contributed by atoms with van der Waals surface area (Å²) >= 11 is 0. The average molecular weight is 164 g/mol. The first-order chi connectivity index (χ1) is 5.77. The maximum absolute atomic E-state index is 9.22. The minimum Gasteiger partial charge on any atom is -0.508 e. The normalized spacial score (nSPS) is 21.2. The van der Waals surface area contributed by atoms with Gasteiger partial charge in [0.15, 0.2) is 0 Å². The number of fused-ring (bicyclic) bond motifs is 1. The van der Waals surface area contributed by atoms with Crippen molar-refractivity contribution >= 4 is 5.69 Å². The Bertz CT molecular complexity index is 299. The zero-order valence-corrected chi connectivity index (χ0v) is 6.75. The molecule has 3 nitrogen and oxygen atoms in total. The number of nitrogens with one attached hydrogen (secondary N) is 1. The van der Waals surface area contributed by atoms with Gasteiger partial charge in [-0.2, -0.15) is 0 Å². The standard InChI is InChI=1S/C9H12N2O/c10-8-3-4-11-9-2-1-6(12)5-7(8)9/h1-2,5,8,11-12H,3-4,10H2/t8-/m1/s1. The number of hydrogen-bond donors (Lipinski definition) is 3. The summed E-state index contributed by atoms with van der Waals surface area (Å²) in [6.07, 6.45) is 0.927. The summed E-state index contributed by atoms with van der Waals surface area (Å²) in [7, 11) is 0. The van der Waals surface area contributed by atoms with Crippen LogP contribution in [0, 0.1) is 0 Å². The first-order valence-corrected chi connectivity index (χ1v) is 4.10. The highest BCUT2D eigenvalue weighted by atomic mass is 16.3. The van der Waals surface area contributed by atoms with Crippen LogP contribution in [0.5, 0.6) is 5.75 Å². The molecule has 0 unspecified atom stereocenters. The highest BCUT2D eigenvalue weighted by molar-refractivity contribution is 5.56. The Kier molecular flexibility index (Phi) is 1.66. The summed E-state index contributed by atoms with van der Waals surface area (Å²) in [5.41, 5.74) is 7.93. The van der Waals surface area contributed by atoms with Gasteiger partial charge in [0.05, 0.1) is 0 Å². The third-order valence-corrected chi connectivity index (χ3v) is 2.21. The van der Waals surface area contributed by atoms with Gasteiger partial charge in [-0.3, -0.25) is 0 Å². The molecule has 4 N–H and O–H groups in total. The minimum atomic E-state index is 0.0633. The number of anilines is 1. The van der Waals surface area contributed by atoms with E-state index >= 15 is 0 Å². The van der Waals surface area contributed by atoms with Gasteiger partial charge in [-0.25, -0.2) is 0 Å². The van der Waals surface area contributed by atoms with E-state index in [0.717, 1.165) is 24.2 Å². The highest BCUT2D eigenvalue weighted by Crippen LogP contribution is 2.30. The van der Waals surface area contributed by atoms with Gasteiger partial charge in [-0.1, -0.05) is 0 Å². The van der Waals surface area contributed by atoms with Crippen molar-refractivity contribution in [3.63, 3.8) is 0 Å². The summed E-state index contributed by atoms with van der Waals surface area (Å²) in [6, 6.07) is 5.33. The summed E-state index contributed by atoms with van der Waals surface area (Å²) in [5.74, 6) is 0.285. The van der Waals surface area contributed by atoms with Crippen LogP contribution in [0.3, 0.4) is 0 Å². The predicted octanol–water partition coefficient (Wildman–Crippen LogP) is 1.21. The zero-order chi connectivity index (χ0) is 8.55. The van der Waals surface area contributed by atoms with E-state index in [1.807, 2.05) is 6.07 Å². The van der Waals surface area contributed by atoms with E-state index in [1.165, 1.54) is 0 Å². The molecule has 1 aromatic rings. The van der Waals surface area contributed by atoms with Gasteiger partial charge >= 0.3 is 0 Å². The molecule has 0 bridgehead atoms. The number of phenols is 1. The van der Waals surface area contributed by atoms with E-state index in [0.29, 0.717) is 0 Å². The number of hydrogen-bond acceptors (Lipinski definition) is 3. The molecular weight excluding hydrogens is 152 g/mol. The van der Waals surface area contributed by atoms with Crippen LogP contribution in [0.15, 0.2) is 18.2 Å². The summed E-state index contributed by atoms with van der Waals surface area (Å²) < 4.78 is 0. The van der Waals surface area contributed by atoms with Crippen LogP contribution in [-0.4, -0.2) is 11.7 Å². The molecule has 1 aliphatic heterocycles. The molecule has 3 heteroatoms. The molecule has 1 atom stereocenters. The van der Waals surface area contributed by atoms with E-state index in [9.17, 15) is 5.11 Å². The zero-order valence-electron chi connectivity index (χ0n) is 6.75. The van der Waals surface area contributed by atoms with Gasteiger partial charge < -0.3 is 16.2 Å². The van der Waals surface area contributed by atoms with Crippen molar-refractivity contribution in [1.29, 1.82) is 0 Å². The Labute approximate surface area is 71.2 Å². The molecule has 0 aromatic heterocycles. The van der Waals surface area contributed by atoms with Crippen LogP contribution < -0.4 is 11.1 Å². The lowest BCUT2D eigenvalue weighted by Gasteiger charge is -2.23. The minimum absolute atomic E-state index is 0.0633. The highest BCUT2D eigenvalue weighted by Gasteiger charge is 2.15. The molecule has 0 fully saturated rings. The first kappa shape index (κ1) is 7.43. The fraction of sp³-hybridized carbons (Fsp3) is 0.333. The van der Waals surface area contributed by atoms with Crippen molar-refractivity contribution in [3.8, 4) is 5.75 Å². The van der Waals surface area contributed by atoms with Crippen molar-refractivity contribution in [3.05, 3.63) is 23.8 Å². The van der Waals surface area contributed by atoms with Crippen molar-refractivity contribution < 1.29 is 5.11 Å². The molecule has 0 saturated carbocycles. The van der Waals surface area contributed by atoms with Crippen LogP contribution in [0.1, 0.15) is 18.0 Å². The molecule has 0 radical (unpaired) electrons. The molecule has 0 amide bonds. The van der Waals surface area contributed by atoms with Crippen LogP contribution >= 0.6 is 0 Å². The second-order valence-corrected chi connectivity index (χ2v) is 3.09. The quantitative estimate of drug-likeness (QED) is 0.505. The SMILES string of the molecule is N[C@@H]1CCNc2ccc(O)cc21. The van der Waals surface area contributed by atoms with E-state index in [4.69, 9.17) is 5.73 Å². The summed E-state index contributed by atoms with van der Waals surface area (Å²) in [6.45, 7) is 0.916. The number of rotatable bonds is 0. The Morgan fingerprint density at radius 2 is 2.33 bits per heavy atom. The van der Waals surface area contributed by atoms with Crippen LogP contribution in [0.2, 0.25) is 0 Å². The Balaban J connectivity index is 2.47.